The van der Waals surface area contributed by atoms with Gasteiger partial charge >= 0.3 is 0 Å². The summed E-state index contributed by atoms with van der Waals surface area (Å²) < 4.78 is 5.28. The van der Waals surface area contributed by atoms with Crippen molar-refractivity contribution in [3.05, 3.63) is 0 Å². The first-order valence-electron chi connectivity index (χ1n) is 4.04. The van der Waals surface area contributed by atoms with Crippen molar-refractivity contribution in [1.82, 2.24) is 0 Å². The molecule has 0 N–H and O–H groups in total. The van der Waals surface area contributed by atoms with Crippen molar-refractivity contribution in [1.29, 1.82) is 0 Å². The molecule has 1 saturated carbocycles. The normalized spacial score (nSPS) is 30.7. The van der Waals surface area contributed by atoms with Crippen LogP contribution in [0.1, 0.15) is 25.7 Å². The Morgan fingerprint density at radius 1 is 0.778 bits per heavy atom. The van der Waals surface area contributed by atoms with Crippen LogP contribution in [-0.4, -0.2) is 13.2 Å². The molecule has 1 heterocycles. The maximum absolute atomic E-state index is 5.28. The van der Waals surface area contributed by atoms with E-state index < -0.39 is 0 Å². The molecule has 2 fully saturated rings. The summed E-state index contributed by atoms with van der Waals surface area (Å²) in [7, 11) is 0. The molecule has 1 saturated heterocycles. The highest BCUT2D eigenvalue weighted by Gasteiger charge is 2.31. The van der Waals surface area contributed by atoms with Gasteiger partial charge in [0.1, 0.15) is 0 Å². The van der Waals surface area contributed by atoms with Crippen LogP contribution in [0.15, 0.2) is 0 Å². The van der Waals surface area contributed by atoms with Gasteiger partial charge in [0.15, 0.2) is 0 Å². The molecular formula is C8H14O. The van der Waals surface area contributed by atoms with Crippen molar-refractivity contribution in [2.75, 3.05) is 13.2 Å². The molecule has 0 atom stereocenters. The highest BCUT2D eigenvalue weighted by Crippen LogP contribution is 2.41. The van der Waals surface area contributed by atoms with E-state index in [9.17, 15) is 0 Å². The van der Waals surface area contributed by atoms with Gasteiger partial charge in [-0.3, -0.25) is 0 Å². The monoisotopic (exact) mass is 126 g/mol. The molecule has 0 unspecified atom stereocenters. The van der Waals surface area contributed by atoms with E-state index in [0.717, 1.165) is 25.0 Å². The van der Waals surface area contributed by atoms with Gasteiger partial charge in [0.05, 0.1) is 0 Å². The van der Waals surface area contributed by atoms with Crippen molar-refractivity contribution in [3.8, 4) is 0 Å². The second kappa shape index (κ2) is 2.30. The minimum atomic E-state index is 1.03. The van der Waals surface area contributed by atoms with Crippen LogP contribution in [0, 0.1) is 11.8 Å². The second-order valence-corrected chi connectivity index (χ2v) is 3.29. The third kappa shape index (κ3) is 1.26. The average molecular weight is 126 g/mol. The van der Waals surface area contributed by atoms with Crippen LogP contribution in [0.2, 0.25) is 0 Å². The van der Waals surface area contributed by atoms with E-state index >= 15 is 0 Å². The van der Waals surface area contributed by atoms with Crippen molar-refractivity contribution in [3.63, 3.8) is 0 Å². The summed E-state index contributed by atoms with van der Waals surface area (Å²) in [6, 6.07) is 0. The molecule has 1 nitrogen and oxygen atoms in total. The van der Waals surface area contributed by atoms with E-state index in [0.29, 0.717) is 0 Å². The van der Waals surface area contributed by atoms with Crippen molar-refractivity contribution >= 4 is 0 Å². The highest BCUT2D eigenvalue weighted by molar-refractivity contribution is 4.82. The number of ether oxygens (including phenoxy) is 1. The average Bonchev–Trinajstić information content (AvgIpc) is 2.71. The van der Waals surface area contributed by atoms with Crippen LogP contribution in [0.25, 0.3) is 0 Å². The first-order chi connectivity index (χ1) is 4.47. The molecule has 0 aromatic heterocycles. The minimum Gasteiger partial charge on any atom is -0.381 e. The summed E-state index contributed by atoms with van der Waals surface area (Å²) in [5.74, 6) is 2.15. The summed E-state index contributed by atoms with van der Waals surface area (Å²) in [5.41, 5.74) is 0. The molecule has 1 aliphatic heterocycles. The van der Waals surface area contributed by atoms with Gasteiger partial charge in [0.25, 0.3) is 0 Å². The zero-order valence-electron chi connectivity index (χ0n) is 5.81. The fourth-order valence-corrected chi connectivity index (χ4v) is 1.75. The van der Waals surface area contributed by atoms with E-state index in [1.807, 2.05) is 0 Å². The predicted molar refractivity (Wildman–Crippen MR) is 36.3 cm³/mol. The van der Waals surface area contributed by atoms with Crippen LogP contribution in [0.4, 0.5) is 0 Å². The van der Waals surface area contributed by atoms with Gasteiger partial charge < -0.3 is 4.74 Å². The van der Waals surface area contributed by atoms with Crippen LogP contribution in [-0.2, 0) is 4.74 Å². The SMILES string of the molecule is C1CC(C2CC2)CCO1. The number of hydrogen-bond donors (Lipinski definition) is 0. The Hall–Kier alpha value is -0.0400. The zero-order valence-corrected chi connectivity index (χ0v) is 5.81. The van der Waals surface area contributed by atoms with Gasteiger partial charge in [0, 0.05) is 13.2 Å². The molecular weight excluding hydrogens is 112 g/mol. The van der Waals surface area contributed by atoms with Crippen LogP contribution in [0.3, 0.4) is 0 Å². The quantitative estimate of drug-likeness (QED) is 0.520. The van der Waals surface area contributed by atoms with Crippen LogP contribution >= 0.6 is 0 Å². The van der Waals surface area contributed by atoms with Crippen molar-refractivity contribution in [2.45, 2.75) is 25.7 Å². The van der Waals surface area contributed by atoms with Gasteiger partial charge in [-0.25, -0.2) is 0 Å². The molecule has 9 heavy (non-hydrogen) atoms. The fourth-order valence-electron chi connectivity index (χ4n) is 1.75. The van der Waals surface area contributed by atoms with Gasteiger partial charge in [-0.15, -0.1) is 0 Å². The maximum atomic E-state index is 5.28. The summed E-state index contributed by atoms with van der Waals surface area (Å²) in [4.78, 5) is 0. The third-order valence-electron chi connectivity index (χ3n) is 2.55. The standard InChI is InChI=1S/C8H14O/c1-2-7(1)8-3-5-9-6-4-8/h7-8H,1-6H2. The predicted octanol–water partition coefficient (Wildman–Crippen LogP) is 1.82. The number of rotatable bonds is 1. The van der Waals surface area contributed by atoms with E-state index in [1.54, 1.807) is 0 Å². The lowest BCUT2D eigenvalue weighted by Gasteiger charge is -2.21. The molecule has 1 aliphatic carbocycles. The summed E-state index contributed by atoms with van der Waals surface area (Å²) >= 11 is 0. The largest absolute Gasteiger partial charge is 0.381 e. The molecule has 0 amide bonds. The van der Waals surface area contributed by atoms with Gasteiger partial charge in [-0.05, 0) is 37.5 Å². The first kappa shape index (κ1) is 5.72. The Bertz CT molecular complexity index is 90.7. The Balaban J connectivity index is 1.80. The minimum absolute atomic E-state index is 1.03. The second-order valence-electron chi connectivity index (χ2n) is 3.29. The third-order valence-corrected chi connectivity index (χ3v) is 2.55. The van der Waals surface area contributed by atoms with Crippen LogP contribution in [0.5, 0.6) is 0 Å². The zero-order chi connectivity index (χ0) is 6.10. The Morgan fingerprint density at radius 3 is 1.89 bits per heavy atom. The Morgan fingerprint density at radius 2 is 1.33 bits per heavy atom. The molecule has 0 bridgehead atoms. The molecule has 0 spiro atoms. The Labute approximate surface area is 56.4 Å². The summed E-state index contributed by atoms with van der Waals surface area (Å²) in [6.45, 7) is 2.06. The first-order valence-corrected chi connectivity index (χ1v) is 4.04. The van der Waals surface area contributed by atoms with Gasteiger partial charge in [0.2, 0.25) is 0 Å². The number of hydrogen-bond acceptors (Lipinski definition) is 1. The molecule has 0 aromatic rings. The molecule has 52 valence electrons. The van der Waals surface area contributed by atoms with E-state index in [-0.39, 0.29) is 0 Å². The molecule has 1 heteroatoms. The molecule has 0 radical (unpaired) electrons. The highest BCUT2D eigenvalue weighted by atomic mass is 16.5. The van der Waals surface area contributed by atoms with Gasteiger partial charge in [-0.1, -0.05) is 0 Å². The fraction of sp³-hybridized carbons (Fsp3) is 1.00. The summed E-state index contributed by atoms with van der Waals surface area (Å²) in [6.07, 6.45) is 5.69. The molecule has 2 rings (SSSR count). The topological polar surface area (TPSA) is 9.23 Å². The lowest BCUT2D eigenvalue weighted by molar-refractivity contribution is 0.0599. The lowest BCUT2D eigenvalue weighted by Crippen LogP contribution is -2.16. The summed E-state index contributed by atoms with van der Waals surface area (Å²) in [5, 5.41) is 0. The Kier molecular flexibility index (Phi) is 1.46. The van der Waals surface area contributed by atoms with Crippen molar-refractivity contribution < 1.29 is 4.74 Å². The van der Waals surface area contributed by atoms with Gasteiger partial charge in [-0.2, -0.15) is 0 Å². The van der Waals surface area contributed by atoms with Crippen LogP contribution < -0.4 is 0 Å². The molecule has 2 aliphatic rings. The van der Waals surface area contributed by atoms with E-state index in [1.165, 1.54) is 25.7 Å². The van der Waals surface area contributed by atoms with Crippen molar-refractivity contribution in [2.24, 2.45) is 11.8 Å². The lowest BCUT2D eigenvalue weighted by atomic mass is 9.95. The molecule has 0 aromatic carbocycles. The van der Waals surface area contributed by atoms with E-state index in [4.69, 9.17) is 4.74 Å². The maximum Gasteiger partial charge on any atom is 0.0468 e. The smallest absolute Gasteiger partial charge is 0.0468 e. The van der Waals surface area contributed by atoms with E-state index in [2.05, 4.69) is 0 Å².